The first-order valence-electron chi connectivity index (χ1n) is 9.20. The van der Waals surface area contributed by atoms with Gasteiger partial charge in [-0.05, 0) is 55.8 Å². The number of nitrogens with zero attached hydrogens (tertiary/aromatic N) is 1. The first kappa shape index (κ1) is 21.9. The molecular weight excluding hydrogens is 391 g/mol. The lowest BCUT2D eigenvalue weighted by atomic mass is 9.89. The van der Waals surface area contributed by atoms with Gasteiger partial charge in [0, 0.05) is 6.54 Å². The topological polar surface area (TPSA) is 85.0 Å². The van der Waals surface area contributed by atoms with Crippen molar-refractivity contribution in [3.63, 3.8) is 0 Å². The third kappa shape index (κ3) is 5.12. The Labute approximate surface area is 171 Å². The van der Waals surface area contributed by atoms with Gasteiger partial charge in [0.15, 0.2) is 11.5 Å². The maximum atomic E-state index is 11.2. The van der Waals surface area contributed by atoms with E-state index in [1.54, 1.807) is 0 Å². The SMILES string of the molecule is CC(C)CN1CCC(Cc2cc(Cl)c(N)c3c2OCC(C(=O)O)O3)CC1.Cl. The number of benzene rings is 1. The fourth-order valence-electron chi connectivity index (χ4n) is 3.76. The van der Waals surface area contributed by atoms with E-state index in [1.165, 1.54) is 0 Å². The van der Waals surface area contributed by atoms with Gasteiger partial charge in [-0.25, -0.2) is 4.79 Å². The van der Waals surface area contributed by atoms with Gasteiger partial charge in [0.05, 0.1) is 10.7 Å². The number of rotatable bonds is 5. The highest BCUT2D eigenvalue weighted by atomic mass is 35.5. The molecule has 2 heterocycles. The minimum Gasteiger partial charge on any atom is -0.485 e. The van der Waals surface area contributed by atoms with Crippen molar-refractivity contribution in [3.8, 4) is 11.5 Å². The highest BCUT2D eigenvalue weighted by Gasteiger charge is 2.32. The second kappa shape index (κ2) is 9.22. The molecule has 0 aromatic heterocycles. The molecule has 1 unspecified atom stereocenters. The molecule has 1 aromatic carbocycles. The van der Waals surface area contributed by atoms with Crippen molar-refractivity contribution < 1.29 is 19.4 Å². The number of carbonyl (C=O) groups is 1. The van der Waals surface area contributed by atoms with E-state index in [9.17, 15) is 4.79 Å². The number of anilines is 1. The summed E-state index contributed by atoms with van der Waals surface area (Å²) in [6.45, 7) is 7.82. The quantitative estimate of drug-likeness (QED) is 0.711. The lowest BCUT2D eigenvalue weighted by molar-refractivity contribution is -0.147. The maximum absolute atomic E-state index is 11.2. The number of nitrogens with two attached hydrogens (primary N) is 1. The number of ether oxygens (including phenoxy) is 2. The van der Waals surface area contributed by atoms with Crippen molar-refractivity contribution in [2.75, 3.05) is 32.0 Å². The van der Waals surface area contributed by atoms with Gasteiger partial charge in [-0.2, -0.15) is 0 Å². The summed E-state index contributed by atoms with van der Waals surface area (Å²) >= 11 is 6.26. The lowest BCUT2D eigenvalue weighted by Gasteiger charge is -2.34. The predicted octanol–water partition coefficient (Wildman–Crippen LogP) is 3.48. The molecule has 1 fully saturated rings. The van der Waals surface area contributed by atoms with E-state index in [-0.39, 0.29) is 30.5 Å². The number of nitrogen functional groups attached to an aromatic ring is 1. The number of hydrogen-bond donors (Lipinski definition) is 2. The van der Waals surface area contributed by atoms with Crippen molar-refractivity contribution in [2.45, 2.75) is 39.2 Å². The molecule has 2 aliphatic heterocycles. The van der Waals surface area contributed by atoms with E-state index in [4.69, 9.17) is 31.9 Å². The molecule has 6 nitrogen and oxygen atoms in total. The van der Waals surface area contributed by atoms with Gasteiger partial charge in [-0.15, -0.1) is 12.4 Å². The summed E-state index contributed by atoms with van der Waals surface area (Å²) in [5, 5.41) is 9.54. The third-order valence-corrected chi connectivity index (χ3v) is 5.37. The molecule has 0 saturated carbocycles. The molecule has 8 heteroatoms. The summed E-state index contributed by atoms with van der Waals surface area (Å²) in [4.78, 5) is 13.7. The highest BCUT2D eigenvalue weighted by molar-refractivity contribution is 6.33. The second-order valence-electron chi connectivity index (χ2n) is 7.69. The molecule has 0 radical (unpaired) electrons. The van der Waals surface area contributed by atoms with Crippen LogP contribution in [0, 0.1) is 11.8 Å². The minimum atomic E-state index is -1.07. The van der Waals surface area contributed by atoms with Crippen LogP contribution in [0.15, 0.2) is 6.07 Å². The van der Waals surface area contributed by atoms with E-state index >= 15 is 0 Å². The zero-order valence-electron chi connectivity index (χ0n) is 15.7. The summed E-state index contributed by atoms with van der Waals surface area (Å²) < 4.78 is 11.3. The summed E-state index contributed by atoms with van der Waals surface area (Å²) in [7, 11) is 0. The molecule has 0 aliphatic carbocycles. The molecule has 1 atom stereocenters. The average Bonchev–Trinajstić information content (AvgIpc) is 2.60. The van der Waals surface area contributed by atoms with E-state index in [0.29, 0.717) is 22.6 Å². The smallest absolute Gasteiger partial charge is 0.348 e. The van der Waals surface area contributed by atoms with Gasteiger partial charge >= 0.3 is 5.97 Å². The third-order valence-electron chi connectivity index (χ3n) is 5.05. The first-order valence-corrected chi connectivity index (χ1v) is 9.58. The largest absolute Gasteiger partial charge is 0.485 e. The van der Waals surface area contributed by atoms with Crippen LogP contribution in [0.2, 0.25) is 5.02 Å². The van der Waals surface area contributed by atoms with Crippen molar-refractivity contribution in [2.24, 2.45) is 11.8 Å². The average molecular weight is 419 g/mol. The van der Waals surface area contributed by atoms with E-state index in [1.807, 2.05) is 6.07 Å². The summed E-state index contributed by atoms with van der Waals surface area (Å²) in [6, 6.07) is 1.83. The van der Waals surface area contributed by atoms with Crippen LogP contribution in [0.1, 0.15) is 32.3 Å². The van der Waals surface area contributed by atoms with Gasteiger partial charge in [0.1, 0.15) is 6.61 Å². The maximum Gasteiger partial charge on any atom is 0.348 e. The van der Waals surface area contributed by atoms with Crippen LogP contribution < -0.4 is 15.2 Å². The van der Waals surface area contributed by atoms with Crippen molar-refractivity contribution >= 4 is 35.7 Å². The van der Waals surface area contributed by atoms with Gasteiger partial charge in [0.2, 0.25) is 6.10 Å². The Balaban J connectivity index is 0.00000261. The molecule has 0 spiro atoms. The van der Waals surface area contributed by atoms with E-state index < -0.39 is 12.1 Å². The molecule has 3 rings (SSSR count). The number of halogens is 2. The monoisotopic (exact) mass is 418 g/mol. The Morgan fingerprint density at radius 2 is 2.04 bits per heavy atom. The number of carboxylic acid groups (broad SMARTS) is 1. The van der Waals surface area contributed by atoms with Crippen LogP contribution in [0.3, 0.4) is 0 Å². The summed E-state index contributed by atoms with van der Waals surface area (Å²) in [5.74, 6) is 0.969. The Bertz CT molecular complexity index is 676. The van der Waals surface area contributed by atoms with Crippen molar-refractivity contribution in [1.82, 2.24) is 4.90 Å². The van der Waals surface area contributed by atoms with Crippen LogP contribution >= 0.6 is 24.0 Å². The van der Waals surface area contributed by atoms with Crippen LogP contribution in [-0.4, -0.2) is 48.3 Å². The number of carboxylic acids is 1. The zero-order valence-corrected chi connectivity index (χ0v) is 17.3. The van der Waals surface area contributed by atoms with Crippen molar-refractivity contribution in [1.29, 1.82) is 0 Å². The number of hydrogen-bond acceptors (Lipinski definition) is 5. The van der Waals surface area contributed by atoms with Crippen LogP contribution in [0.25, 0.3) is 0 Å². The second-order valence-corrected chi connectivity index (χ2v) is 8.09. The Hall–Kier alpha value is -1.37. The van der Waals surface area contributed by atoms with Gasteiger partial charge in [-0.3, -0.25) is 0 Å². The molecule has 2 aliphatic rings. The van der Waals surface area contributed by atoms with Gasteiger partial charge in [0.25, 0.3) is 0 Å². The molecule has 152 valence electrons. The summed E-state index contributed by atoms with van der Waals surface area (Å²) in [5.41, 5.74) is 7.18. The fraction of sp³-hybridized carbons (Fsp3) is 0.632. The predicted molar refractivity (Wildman–Crippen MR) is 108 cm³/mol. The Kier molecular flexibility index (Phi) is 7.48. The summed E-state index contributed by atoms with van der Waals surface area (Å²) in [6.07, 6.45) is 2.03. The molecule has 1 saturated heterocycles. The van der Waals surface area contributed by atoms with Crippen LogP contribution in [0.5, 0.6) is 11.5 Å². The fourth-order valence-corrected chi connectivity index (χ4v) is 3.97. The van der Waals surface area contributed by atoms with Crippen LogP contribution in [-0.2, 0) is 11.2 Å². The van der Waals surface area contributed by atoms with Crippen LogP contribution in [0.4, 0.5) is 5.69 Å². The van der Waals surface area contributed by atoms with Crippen molar-refractivity contribution in [3.05, 3.63) is 16.7 Å². The van der Waals surface area contributed by atoms with E-state index in [2.05, 4.69) is 18.7 Å². The molecule has 0 amide bonds. The zero-order chi connectivity index (χ0) is 18.8. The standard InChI is InChI=1S/C19H27ClN2O4.ClH/c1-11(2)9-22-5-3-12(4-6-22)7-13-8-14(20)16(21)18-17(13)25-10-15(26-18)19(23)24;/h8,11-12,15H,3-7,9-10,21H2,1-2H3,(H,23,24);1H. The Morgan fingerprint density at radius 1 is 1.37 bits per heavy atom. The molecule has 0 bridgehead atoms. The normalized spacial score (nSPS) is 20.4. The lowest BCUT2D eigenvalue weighted by Crippen LogP contribution is -2.38. The number of fused-ring (bicyclic) bond motifs is 1. The van der Waals surface area contributed by atoms with E-state index in [0.717, 1.165) is 44.5 Å². The number of aliphatic carboxylic acids is 1. The molecule has 1 aromatic rings. The molecule has 27 heavy (non-hydrogen) atoms. The van der Waals surface area contributed by atoms with Gasteiger partial charge in [-0.1, -0.05) is 25.4 Å². The van der Waals surface area contributed by atoms with Gasteiger partial charge < -0.3 is 25.2 Å². The number of piperidine rings is 1. The number of likely N-dealkylation sites (tertiary alicyclic amines) is 1. The minimum absolute atomic E-state index is 0. The highest BCUT2D eigenvalue weighted by Crippen LogP contribution is 2.45. The first-order chi connectivity index (χ1) is 12.3. The molecule has 3 N–H and O–H groups in total. The Morgan fingerprint density at radius 3 is 2.63 bits per heavy atom. The molecular formula is C19H28Cl2N2O4.